The molecule has 0 bridgehead atoms. The molecule has 1 fully saturated rings. The fraction of sp³-hybridized carbons (Fsp3) is 0.562. The van der Waals surface area contributed by atoms with Crippen LogP contribution in [0.25, 0.3) is 0 Å². The first-order valence-corrected chi connectivity index (χ1v) is 9.17. The zero-order valence-electron chi connectivity index (χ0n) is 14.0. The van der Waals surface area contributed by atoms with Crippen molar-refractivity contribution < 1.29 is 17.9 Å². The van der Waals surface area contributed by atoms with Gasteiger partial charge in [-0.1, -0.05) is 13.8 Å². The number of sulfonamides is 1. The Morgan fingerprint density at radius 3 is 2.52 bits per heavy atom. The third-order valence-electron chi connectivity index (χ3n) is 3.59. The lowest BCUT2D eigenvalue weighted by molar-refractivity contribution is -0.114. The van der Waals surface area contributed by atoms with Crippen LogP contribution in [0.4, 0.5) is 5.69 Å². The third kappa shape index (κ3) is 4.23. The number of methoxy groups -OCH3 is 1. The monoisotopic (exact) mass is 340 g/mol. The van der Waals surface area contributed by atoms with Crippen LogP contribution in [-0.2, 0) is 14.8 Å². The minimum absolute atomic E-state index is 0.0914. The first kappa shape index (κ1) is 17.7. The summed E-state index contributed by atoms with van der Waals surface area (Å²) in [5.74, 6) is 0.401. The Labute approximate surface area is 137 Å². The van der Waals surface area contributed by atoms with Crippen LogP contribution in [0, 0.1) is 5.92 Å². The number of carbonyl (C=O) groups is 1. The number of amides is 1. The maximum atomic E-state index is 13.0. The van der Waals surface area contributed by atoms with Gasteiger partial charge in [0.25, 0.3) is 0 Å². The number of hydrogen-bond donors (Lipinski definition) is 1. The number of ether oxygens (including phenoxy) is 1. The van der Waals surface area contributed by atoms with Gasteiger partial charge in [0.2, 0.25) is 15.9 Å². The molecular weight excluding hydrogens is 316 g/mol. The fourth-order valence-electron chi connectivity index (χ4n) is 2.44. The van der Waals surface area contributed by atoms with Gasteiger partial charge in [-0.05, 0) is 37.0 Å². The molecule has 0 atom stereocenters. The maximum absolute atomic E-state index is 13.0. The van der Waals surface area contributed by atoms with Crippen LogP contribution < -0.4 is 10.1 Å². The lowest BCUT2D eigenvalue weighted by atomic mass is 10.2. The fourth-order valence-corrected chi connectivity index (χ4v) is 4.31. The van der Waals surface area contributed by atoms with Gasteiger partial charge in [0, 0.05) is 19.5 Å². The van der Waals surface area contributed by atoms with E-state index in [2.05, 4.69) is 5.32 Å². The summed E-state index contributed by atoms with van der Waals surface area (Å²) >= 11 is 0. The van der Waals surface area contributed by atoms with Crippen LogP contribution >= 0.6 is 0 Å². The zero-order valence-corrected chi connectivity index (χ0v) is 14.8. The van der Waals surface area contributed by atoms with Crippen molar-refractivity contribution in [3.63, 3.8) is 0 Å². The van der Waals surface area contributed by atoms with Gasteiger partial charge in [-0.3, -0.25) is 4.79 Å². The molecule has 0 aromatic heterocycles. The summed E-state index contributed by atoms with van der Waals surface area (Å²) in [5, 5.41) is 2.61. The average molecular weight is 340 g/mol. The van der Waals surface area contributed by atoms with E-state index in [1.165, 1.54) is 26.2 Å². The molecule has 23 heavy (non-hydrogen) atoms. The highest BCUT2D eigenvalue weighted by molar-refractivity contribution is 7.89. The summed E-state index contributed by atoms with van der Waals surface area (Å²) in [4.78, 5) is 11.5. The van der Waals surface area contributed by atoms with Crippen LogP contribution in [0.3, 0.4) is 0 Å². The number of benzene rings is 1. The SMILES string of the molecule is COc1ccc(S(=O)(=O)N(CC(C)C)C2CC2)cc1NC(C)=O. The summed E-state index contributed by atoms with van der Waals surface area (Å²) in [5.41, 5.74) is 0.362. The Bertz CT molecular complexity index is 681. The predicted molar refractivity (Wildman–Crippen MR) is 89.0 cm³/mol. The van der Waals surface area contributed by atoms with E-state index in [0.29, 0.717) is 18.0 Å². The van der Waals surface area contributed by atoms with Crippen LogP contribution in [0.1, 0.15) is 33.6 Å². The van der Waals surface area contributed by atoms with Crippen LogP contribution in [-0.4, -0.2) is 38.3 Å². The lowest BCUT2D eigenvalue weighted by Crippen LogP contribution is -2.36. The number of rotatable bonds is 7. The summed E-state index contributed by atoms with van der Waals surface area (Å²) in [6, 6.07) is 4.65. The molecule has 0 aliphatic heterocycles. The van der Waals surface area contributed by atoms with Crippen molar-refractivity contribution in [3.8, 4) is 5.75 Å². The normalized spacial score (nSPS) is 15.0. The van der Waals surface area contributed by atoms with Gasteiger partial charge >= 0.3 is 0 Å². The Kier molecular flexibility index (Phi) is 5.31. The second kappa shape index (κ2) is 6.88. The van der Waals surface area contributed by atoms with E-state index >= 15 is 0 Å². The molecule has 0 spiro atoms. The number of nitrogens with one attached hydrogen (secondary N) is 1. The van der Waals surface area contributed by atoms with Gasteiger partial charge in [-0.15, -0.1) is 0 Å². The standard InChI is InChI=1S/C16H24N2O4S/c1-11(2)10-18(13-5-6-13)23(20,21)14-7-8-16(22-4)15(9-14)17-12(3)19/h7-9,11,13H,5-6,10H2,1-4H3,(H,17,19). The van der Waals surface area contributed by atoms with Gasteiger partial charge in [-0.2, -0.15) is 4.31 Å². The molecule has 1 aromatic carbocycles. The van der Waals surface area contributed by atoms with E-state index in [0.717, 1.165) is 12.8 Å². The molecule has 0 saturated heterocycles. The van der Waals surface area contributed by atoms with Crippen molar-refractivity contribution >= 4 is 21.6 Å². The number of anilines is 1. The smallest absolute Gasteiger partial charge is 0.243 e. The van der Waals surface area contributed by atoms with E-state index < -0.39 is 10.0 Å². The Morgan fingerprint density at radius 2 is 2.04 bits per heavy atom. The van der Waals surface area contributed by atoms with Crippen molar-refractivity contribution in [3.05, 3.63) is 18.2 Å². The van der Waals surface area contributed by atoms with Gasteiger partial charge in [-0.25, -0.2) is 8.42 Å². The summed E-state index contributed by atoms with van der Waals surface area (Å²) in [7, 11) is -2.11. The Hall–Kier alpha value is -1.60. The van der Waals surface area contributed by atoms with Gasteiger partial charge in [0.05, 0.1) is 17.7 Å². The van der Waals surface area contributed by atoms with E-state index in [1.807, 2.05) is 13.8 Å². The quantitative estimate of drug-likeness (QED) is 0.827. The Morgan fingerprint density at radius 1 is 1.39 bits per heavy atom. The molecule has 1 aromatic rings. The lowest BCUT2D eigenvalue weighted by Gasteiger charge is -2.24. The second-order valence-electron chi connectivity index (χ2n) is 6.24. The molecule has 7 heteroatoms. The predicted octanol–water partition coefficient (Wildman–Crippen LogP) is 2.46. The summed E-state index contributed by atoms with van der Waals surface area (Å²) in [6.07, 6.45) is 1.81. The van der Waals surface area contributed by atoms with Crippen molar-refractivity contribution in [2.24, 2.45) is 5.92 Å². The number of nitrogens with zero attached hydrogens (tertiary/aromatic N) is 1. The third-order valence-corrected chi connectivity index (χ3v) is 5.50. The van der Waals surface area contributed by atoms with Crippen molar-refractivity contribution in [1.29, 1.82) is 0 Å². The molecule has 6 nitrogen and oxygen atoms in total. The van der Waals surface area contributed by atoms with Gasteiger partial charge in [0.1, 0.15) is 5.75 Å². The van der Waals surface area contributed by atoms with Gasteiger partial charge in [0.15, 0.2) is 0 Å². The van der Waals surface area contributed by atoms with E-state index in [9.17, 15) is 13.2 Å². The number of carbonyl (C=O) groups excluding carboxylic acids is 1. The highest BCUT2D eigenvalue weighted by Gasteiger charge is 2.38. The minimum atomic E-state index is -3.59. The van der Waals surface area contributed by atoms with Crippen LogP contribution in [0.15, 0.2) is 23.1 Å². The van der Waals surface area contributed by atoms with Crippen molar-refractivity contribution in [1.82, 2.24) is 4.31 Å². The molecule has 1 N–H and O–H groups in total. The largest absolute Gasteiger partial charge is 0.495 e. The molecule has 128 valence electrons. The molecule has 2 rings (SSSR count). The first-order chi connectivity index (χ1) is 10.8. The zero-order chi connectivity index (χ0) is 17.2. The van der Waals surface area contributed by atoms with Gasteiger partial charge < -0.3 is 10.1 Å². The number of hydrogen-bond acceptors (Lipinski definition) is 4. The summed E-state index contributed by atoms with van der Waals surface area (Å²) < 4.78 is 32.7. The molecule has 1 amide bonds. The van der Waals surface area contributed by atoms with Crippen molar-refractivity contribution in [2.45, 2.75) is 44.6 Å². The van der Waals surface area contributed by atoms with Crippen LogP contribution in [0.5, 0.6) is 5.75 Å². The van der Waals surface area contributed by atoms with Crippen molar-refractivity contribution in [2.75, 3.05) is 19.0 Å². The molecule has 0 heterocycles. The Balaban J connectivity index is 2.40. The molecule has 1 saturated carbocycles. The molecule has 1 aliphatic carbocycles. The van der Waals surface area contributed by atoms with E-state index in [-0.39, 0.29) is 22.8 Å². The second-order valence-corrected chi connectivity index (χ2v) is 8.13. The molecule has 0 unspecified atom stereocenters. The highest BCUT2D eigenvalue weighted by Crippen LogP contribution is 2.35. The summed E-state index contributed by atoms with van der Waals surface area (Å²) in [6.45, 7) is 5.87. The highest BCUT2D eigenvalue weighted by atomic mass is 32.2. The van der Waals surface area contributed by atoms with E-state index in [4.69, 9.17) is 4.74 Å². The molecular formula is C16H24N2O4S. The topological polar surface area (TPSA) is 75.7 Å². The first-order valence-electron chi connectivity index (χ1n) is 7.73. The van der Waals surface area contributed by atoms with Crippen LogP contribution in [0.2, 0.25) is 0 Å². The minimum Gasteiger partial charge on any atom is -0.495 e. The van der Waals surface area contributed by atoms with E-state index in [1.54, 1.807) is 10.4 Å². The molecule has 0 radical (unpaired) electrons. The molecule has 1 aliphatic rings. The average Bonchev–Trinajstić information content (AvgIpc) is 3.28. The maximum Gasteiger partial charge on any atom is 0.243 e.